The van der Waals surface area contributed by atoms with Crippen LogP contribution < -0.4 is 10.1 Å². The van der Waals surface area contributed by atoms with Gasteiger partial charge in [-0.3, -0.25) is 0 Å². The van der Waals surface area contributed by atoms with Gasteiger partial charge in [0.15, 0.2) is 0 Å². The third kappa shape index (κ3) is 6.15. The minimum atomic E-state index is -0.451. The Morgan fingerprint density at radius 1 is 1.18 bits per heavy atom. The van der Waals surface area contributed by atoms with Crippen LogP contribution >= 0.6 is 12.4 Å². The van der Waals surface area contributed by atoms with Crippen molar-refractivity contribution in [2.75, 3.05) is 13.2 Å². The van der Waals surface area contributed by atoms with Crippen LogP contribution in [0.3, 0.4) is 0 Å². The second kappa shape index (κ2) is 8.76. The molecule has 3 nitrogen and oxygen atoms in total. The van der Waals surface area contributed by atoms with Gasteiger partial charge in [-0.1, -0.05) is 45.7 Å². The second-order valence-electron chi connectivity index (χ2n) is 7.13. The van der Waals surface area contributed by atoms with E-state index in [9.17, 15) is 5.11 Å². The number of benzene rings is 1. The van der Waals surface area contributed by atoms with E-state index in [1.54, 1.807) is 0 Å². The number of aliphatic hydroxyl groups excluding tert-OH is 1. The Morgan fingerprint density at radius 3 is 2.32 bits per heavy atom. The first kappa shape index (κ1) is 19.3. The molecule has 1 saturated carbocycles. The largest absolute Gasteiger partial charge is 0.491 e. The third-order valence-electron chi connectivity index (χ3n) is 4.16. The first-order chi connectivity index (χ1) is 9.95. The van der Waals surface area contributed by atoms with Gasteiger partial charge in [-0.15, -0.1) is 12.4 Å². The molecular formula is C18H30ClNO2. The molecule has 1 fully saturated rings. The molecule has 22 heavy (non-hydrogen) atoms. The molecule has 0 spiro atoms. The molecule has 126 valence electrons. The molecule has 0 aliphatic heterocycles. The van der Waals surface area contributed by atoms with Gasteiger partial charge in [-0.05, 0) is 36.0 Å². The van der Waals surface area contributed by atoms with E-state index in [2.05, 4.69) is 38.2 Å². The van der Waals surface area contributed by atoms with Crippen LogP contribution in [0, 0.1) is 0 Å². The molecule has 4 heteroatoms. The number of nitrogens with one attached hydrogen (secondary N) is 1. The van der Waals surface area contributed by atoms with Crippen LogP contribution in [-0.4, -0.2) is 30.4 Å². The zero-order chi connectivity index (χ0) is 15.3. The fraction of sp³-hybridized carbons (Fsp3) is 0.667. The summed E-state index contributed by atoms with van der Waals surface area (Å²) in [6.07, 6.45) is 4.64. The van der Waals surface area contributed by atoms with Gasteiger partial charge in [0.2, 0.25) is 0 Å². The van der Waals surface area contributed by atoms with Gasteiger partial charge in [0, 0.05) is 12.6 Å². The number of ether oxygens (including phenoxy) is 1. The highest BCUT2D eigenvalue weighted by Crippen LogP contribution is 2.24. The summed E-state index contributed by atoms with van der Waals surface area (Å²) < 4.78 is 5.66. The van der Waals surface area contributed by atoms with E-state index >= 15 is 0 Å². The van der Waals surface area contributed by atoms with Gasteiger partial charge in [0.25, 0.3) is 0 Å². The smallest absolute Gasteiger partial charge is 0.119 e. The first-order valence-corrected chi connectivity index (χ1v) is 8.10. The summed E-state index contributed by atoms with van der Waals surface area (Å²) in [5.74, 6) is 0.822. The molecule has 1 aliphatic carbocycles. The van der Waals surface area contributed by atoms with Gasteiger partial charge in [-0.25, -0.2) is 0 Å². The molecule has 2 rings (SSSR count). The summed E-state index contributed by atoms with van der Waals surface area (Å²) in [5, 5.41) is 13.4. The van der Waals surface area contributed by atoms with Gasteiger partial charge in [0.05, 0.1) is 0 Å². The maximum Gasteiger partial charge on any atom is 0.119 e. The Bertz CT molecular complexity index is 422. The summed E-state index contributed by atoms with van der Waals surface area (Å²) in [4.78, 5) is 0. The predicted molar refractivity (Wildman–Crippen MR) is 94.2 cm³/mol. The quantitative estimate of drug-likeness (QED) is 0.837. The van der Waals surface area contributed by atoms with Crippen LogP contribution in [0.1, 0.15) is 52.0 Å². The molecule has 0 amide bonds. The van der Waals surface area contributed by atoms with E-state index in [1.165, 1.54) is 31.2 Å². The standard InChI is InChI=1S/C18H29NO2.ClH/c1-18(2,3)14-8-10-17(11-9-14)21-13-16(20)12-19-15-6-4-5-7-15;/h8-11,15-16,19-20H,4-7,12-13H2,1-3H3;1H. The lowest BCUT2D eigenvalue weighted by atomic mass is 9.87. The third-order valence-corrected chi connectivity index (χ3v) is 4.16. The van der Waals surface area contributed by atoms with Crippen molar-refractivity contribution in [1.29, 1.82) is 0 Å². The number of aliphatic hydroxyl groups is 1. The molecule has 0 aromatic heterocycles. The van der Waals surface area contributed by atoms with Crippen molar-refractivity contribution in [2.24, 2.45) is 0 Å². The lowest BCUT2D eigenvalue weighted by molar-refractivity contribution is 0.104. The Labute approximate surface area is 140 Å². The summed E-state index contributed by atoms with van der Waals surface area (Å²) in [6.45, 7) is 7.54. The van der Waals surface area contributed by atoms with Crippen molar-refractivity contribution < 1.29 is 9.84 Å². The molecule has 1 aliphatic rings. The topological polar surface area (TPSA) is 41.5 Å². The van der Waals surface area contributed by atoms with Gasteiger partial charge in [0.1, 0.15) is 18.5 Å². The SMILES string of the molecule is CC(C)(C)c1ccc(OCC(O)CNC2CCCC2)cc1.Cl. The van der Waals surface area contributed by atoms with E-state index in [4.69, 9.17) is 4.74 Å². The average molecular weight is 328 g/mol. The molecule has 0 saturated heterocycles. The number of halogens is 1. The fourth-order valence-corrected chi connectivity index (χ4v) is 2.74. The van der Waals surface area contributed by atoms with Crippen LogP contribution in [0.4, 0.5) is 0 Å². The lowest BCUT2D eigenvalue weighted by Gasteiger charge is -2.20. The van der Waals surface area contributed by atoms with Crippen LogP contribution in [0.2, 0.25) is 0 Å². The number of rotatable bonds is 6. The van der Waals surface area contributed by atoms with Gasteiger partial charge in [-0.2, -0.15) is 0 Å². The second-order valence-corrected chi connectivity index (χ2v) is 7.13. The highest BCUT2D eigenvalue weighted by Gasteiger charge is 2.16. The Balaban J connectivity index is 0.00000242. The monoisotopic (exact) mass is 327 g/mol. The highest BCUT2D eigenvalue weighted by molar-refractivity contribution is 5.85. The minimum absolute atomic E-state index is 0. The van der Waals surface area contributed by atoms with Gasteiger partial charge >= 0.3 is 0 Å². The molecule has 1 aromatic rings. The Morgan fingerprint density at radius 2 is 1.77 bits per heavy atom. The summed E-state index contributed by atoms with van der Waals surface area (Å²) in [5.41, 5.74) is 1.45. The Kier molecular flexibility index (Phi) is 7.67. The summed E-state index contributed by atoms with van der Waals surface area (Å²) in [7, 11) is 0. The van der Waals surface area contributed by atoms with Crippen molar-refractivity contribution in [3.05, 3.63) is 29.8 Å². The highest BCUT2D eigenvalue weighted by atomic mass is 35.5. The Hall–Kier alpha value is -0.770. The van der Waals surface area contributed by atoms with E-state index < -0.39 is 6.10 Å². The van der Waals surface area contributed by atoms with Crippen LogP contribution in [0.5, 0.6) is 5.75 Å². The first-order valence-electron chi connectivity index (χ1n) is 8.10. The zero-order valence-corrected chi connectivity index (χ0v) is 14.8. The van der Waals surface area contributed by atoms with Crippen LogP contribution in [-0.2, 0) is 5.41 Å². The molecule has 2 N–H and O–H groups in total. The molecular weight excluding hydrogens is 298 g/mol. The van der Waals surface area contributed by atoms with Crippen molar-refractivity contribution in [3.63, 3.8) is 0 Å². The van der Waals surface area contributed by atoms with E-state index in [0.29, 0.717) is 19.2 Å². The summed E-state index contributed by atoms with van der Waals surface area (Å²) >= 11 is 0. The van der Waals surface area contributed by atoms with Crippen molar-refractivity contribution in [1.82, 2.24) is 5.32 Å². The fourth-order valence-electron chi connectivity index (χ4n) is 2.74. The van der Waals surface area contributed by atoms with Crippen molar-refractivity contribution in [2.45, 2.75) is 64.0 Å². The van der Waals surface area contributed by atoms with Crippen molar-refractivity contribution in [3.8, 4) is 5.75 Å². The normalized spacial score (nSPS) is 17.1. The predicted octanol–water partition coefficient (Wildman–Crippen LogP) is 3.68. The molecule has 1 aromatic carbocycles. The van der Waals surface area contributed by atoms with Gasteiger partial charge < -0.3 is 15.2 Å². The lowest BCUT2D eigenvalue weighted by Crippen LogP contribution is -2.36. The average Bonchev–Trinajstić information content (AvgIpc) is 2.95. The van der Waals surface area contributed by atoms with Crippen LogP contribution in [0.15, 0.2) is 24.3 Å². The van der Waals surface area contributed by atoms with Crippen molar-refractivity contribution >= 4 is 12.4 Å². The maximum absolute atomic E-state index is 9.97. The molecule has 1 unspecified atom stereocenters. The zero-order valence-electron chi connectivity index (χ0n) is 14.0. The van der Waals surface area contributed by atoms with E-state index in [-0.39, 0.29) is 17.8 Å². The minimum Gasteiger partial charge on any atom is -0.491 e. The number of hydrogen-bond donors (Lipinski definition) is 2. The molecule has 0 bridgehead atoms. The number of hydrogen-bond acceptors (Lipinski definition) is 3. The van der Waals surface area contributed by atoms with Crippen LogP contribution in [0.25, 0.3) is 0 Å². The van der Waals surface area contributed by atoms with E-state index in [0.717, 1.165) is 5.75 Å². The molecule has 1 atom stereocenters. The molecule has 0 heterocycles. The molecule has 0 radical (unpaired) electrons. The summed E-state index contributed by atoms with van der Waals surface area (Å²) in [6, 6.07) is 8.75. The van der Waals surface area contributed by atoms with E-state index in [1.807, 2.05) is 12.1 Å². The maximum atomic E-state index is 9.97.